The van der Waals surface area contributed by atoms with Crippen molar-refractivity contribution in [2.45, 2.75) is 6.92 Å². The monoisotopic (exact) mass is 319 g/mol. The topological polar surface area (TPSA) is 70.2 Å². The van der Waals surface area contributed by atoms with Crippen LogP contribution in [0.4, 0.5) is 0 Å². The molecule has 3 aromatic rings. The molecule has 21 heavy (non-hydrogen) atoms. The fourth-order valence-corrected chi connectivity index (χ4v) is 3.23. The van der Waals surface area contributed by atoms with E-state index in [1.165, 1.54) is 17.4 Å². The van der Waals surface area contributed by atoms with Gasteiger partial charge in [0.15, 0.2) is 0 Å². The van der Waals surface area contributed by atoms with Crippen LogP contribution in [-0.4, -0.2) is 15.9 Å². The Morgan fingerprint density at radius 3 is 2.76 bits per heavy atom. The number of aromatic nitrogens is 1. The molecule has 0 aliphatic carbocycles. The number of carbonyl (C=O) groups excluding carboxylic acids is 1. The van der Waals surface area contributed by atoms with Crippen LogP contribution in [-0.2, 0) is 0 Å². The lowest BCUT2D eigenvalue weighted by Crippen LogP contribution is -2.18. The molecule has 2 aromatic heterocycles. The molecular formula is C15H10ClNO3S. The number of benzene rings is 1. The number of hydrogen-bond acceptors (Lipinski definition) is 4. The third-order valence-electron chi connectivity index (χ3n) is 3.24. The quantitative estimate of drug-likeness (QED) is 0.710. The maximum Gasteiger partial charge on any atom is 0.263 e. The predicted molar refractivity (Wildman–Crippen MR) is 83.7 cm³/mol. The number of carbonyl (C=O) groups is 1. The Bertz CT molecular complexity index is 926. The van der Waals surface area contributed by atoms with Crippen molar-refractivity contribution in [2.75, 3.05) is 0 Å². The second-order valence-electron chi connectivity index (χ2n) is 4.63. The molecule has 2 N–H and O–H groups in total. The molecule has 0 aliphatic rings. The highest BCUT2D eigenvalue weighted by molar-refractivity contribution is 7.12. The van der Waals surface area contributed by atoms with Crippen LogP contribution in [0.25, 0.3) is 10.9 Å². The summed E-state index contributed by atoms with van der Waals surface area (Å²) in [6.45, 7) is 1.79. The van der Waals surface area contributed by atoms with E-state index in [1.807, 2.05) is 0 Å². The normalized spacial score (nSPS) is 11.0. The van der Waals surface area contributed by atoms with Crippen LogP contribution >= 0.6 is 22.9 Å². The third kappa shape index (κ3) is 2.24. The van der Waals surface area contributed by atoms with E-state index in [0.29, 0.717) is 20.8 Å². The second-order valence-corrected chi connectivity index (χ2v) is 5.98. The zero-order valence-corrected chi connectivity index (χ0v) is 12.5. The highest BCUT2D eigenvalue weighted by Crippen LogP contribution is 2.29. The maximum absolute atomic E-state index is 12.5. The summed E-state index contributed by atoms with van der Waals surface area (Å²) in [6, 6.07) is 6.49. The summed E-state index contributed by atoms with van der Waals surface area (Å²) in [4.78, 5) is 27.7. The molecule has 0 amide bonds. The second kappa shape index (κ2) is 5.02. The van der Waals surface area contributed by atoms with Gasteiger partial charge in [0.2, 0.25) is 5.78 Å². The summed E-state index contributed by atoms with van der Waals surface area (Å²) in [5.41, 5.74) is 0.305. The number of ketones is 1. The number of aromatic hydroxyl groups is 1. The van der Waals surface area contributed by atoms with Crippen LogP contribution in [0.1, 0.15) is 20.8 Å². The predicted octanol–water partition coefficient (Wildman–Crippen LogP) is 3.49. The fraction of sp³-hybridized carbons (Fsp3) is 0.0667. The number of rotatable bonds is 2. The van der Waals surface area contributed by atoms with Crippen molar-refractivity contribution in [1.29, 1.82) is 0 Å². The third-order valence-corrected chi connectivity index (χ3v) is 4.49. The minimum Gasteiger partial charge on any atom is -0.506 e. The summed E-state index contributed by atoms with van der Waals surface area (Å²) in [7, 11) is 0. The first-order valence-corrected chi connectivity index (χ1v) is 7.38. The first-order chi connectivity index (χ1) is 9.99. The Labute approximate surface area is 128 Å². The van der Waals surface area contributed by atoms with Gasteiger partial charge in [0.25, 0.3) is 5.56 Å². The average Bonchev–Trinajstić information content (AvgIpc) is 2.84. The van der Waals surface area contributed by atoms with Gasteiger partial charge < -0.3 is 10.1 Å². The Morgan fingerprint density at radius 2 is 2.10 bits per heavy atom. The molecule has 0 atom stereocenters. The van der Waals surface area contributed by atoms with Crippen LogP contribution in [0.2, 0.25) is 5.02 Å². The van der Waals surface area contributed by atoms with E-state index < -0.39 is 11.3 Å². The van der Waals surface area contributed by atoms with Crippen LogP contribution < -0.4 is 5.56 Å². The Morgan fingerprint density at radius 1 is 1.33 bits per heavy atom. The molecule has 1 aromatic carbocycles. The lowest BCUT2D eigenvalue weighted by molar-refractivity contribution is 0.103. The molecule has 3 rings (SSSR count). The van der Waals surface area contributed by atoms with E-state index >= 15 is 0 Å². The van der Waals surface area contributed by atoms with Gasteiger partial charge in [-0.25, -0.2) is 0 Å². The lowest BCUT2D eigenvalue weighted by Gasteiger charge is -2.07. The number of hydrogen-bond donors (Lipinski definition) is 2. The van der Waals surface area contributed by atoms with E-state index in [-0.39, 0.29) is 11.3 Å². The van der Waals surface area contributed by atoms with Crippen molar-refractivity contribution in [3.8, 4) is 5.75 Å². The van der Waals surface area contributed by atoms with Gasteiger partial charge in [0.1, 0.15) is 11.3 Å². The summed E-state index contributed by atoms with van der Waals surface area (Å²) in [5.74, 6) is -0.790. The number of thiophene rings is 1. The molecule has 0 saturated carbocycles. The van der Waals surface area contributed by atoms with Crippen molar-refractivity contribution in [1.82, 2.24) is 4.98 Å². The minimum absolute atomic E-state index is 0.240. The van der Waals surface area contributed by atoms with E-state index in [9.17, 15) is 14.7 Å². The van der Waals surface area contributed by atoms with Crippen LogP contribution in [0.15, 0.2) is 34.4 Å². The molecule has 0 fully saturated rings. The van der Waals surface area contributed by atoms with Gasteiger partial charge in [0.05, 0.1) is 10.4 Å². The van der Waals surface area contributed by atoms with Gasteiger partial charge in [-0.2, -0.15) is 0 Å². The zero-order chi connectivity index (χ0) is 15.1. The number of nitrogens with one attached hydrogen (secondary N) is 1. The molecule has 6 heteroatoms. The number of aromatic amines is 1. The Balaban J connectivity index is 2.29. The van der Waals surface area contributed by atoms with E-state index in [4.69, 9.17) is 11.6 Å². The largest absolute Gasteiger partial charge is 0.506 e. The summed E-state index contributed by atoms with van der Waals surface area (Å²) >= 11 is 7.10. The van der Waals surface area contributed by atoms with Gasteiger partial charge >= 0.3 is 0 Å². The summed E-state index contributed by atoms with van der Waals surface area (Å²) in [6.07, 6.45) is 0. The number of fused-ring (bicyclic) bond motifs is 1. The van der Waals surface area contributed by atoms with Gasteiger partial charge in [-0.15, -0.1) is 11.3 Å². The number of aryl methyl sites for hydroxylation is 1. The Kier molecular flexibility index (Phi) is 3.31. The molecule has 0 unspecified atom stereocenters. The molecule has 0 saturated heterocycles. The molecule has 106 valence electrons. The molecule has 0 aliphatic heterocycles. The standard InChI is InChI=1S/C15H10ClNO3S/c1-7-4-5-21-14(7)13(19)11-12(18)9-3-2-8(16)6-10(9)17-15(11)20/h2-6H,1H3,(H2,17,18,20). The summed E-state index contributed by atoms with van der Waals surface area (Å²) in [5, 5.41) is 12.9. The fourth-order valence-electron chi connectivity index (χ4n) is 2.18. The van der Waals surface area contributed by atoms with Crippen molar-refractivity contribution >= 4 is 39.6 Å². The molecule has 0 spiro atoms. The van der Waals surface area contributed by atoms with E-state index in [0.717, 1.165) is 5.56 Å². The van der Waals surface area contributed by atoms with Gasteiger partial charge in [-0.3, -0.25) is 9.59 Å². The average molecular weight is 320 g/mol. The molecule has 0 bridgehead atoms. The van der Waals surface area contributed by atoms with Crippen molar-refractivity contribution < 1.29 is 9.90 Å². The highest BCUT2D eigenvalue weighted by atomic mass is 35.5. The first-order valence-electron chi connectivity index (χ1n) is 6.12. The SMILES string of the molecule is Cc1ccsc1C(=O)c1c(O)c2ccc(Cl)cc2[nH]c1=O. The minimum atomic E-state index is -0.625. The Hall–Kier alpha value is -2.11. The smallest absolute Gasteiger partial charge is 0.263 e. The van der Waals surface area contributed by atoms with Crippen LogP contribution in [0.3, 0.4) is 0 Å². The number of H-pyrrole nitrogens is 1. The van der Waals surface area contributed by atoms with Crippen molar-refractivity contribution in [3.05, 3.63) is 61.0 Å². The number of pyridine rings is 1. The lowest BCUT2D eigenvalue weighted by atomic mass is 10.0. The molecular weight excluding hydrogens is 310 g/mol. The first kappa shape index (κ1) is 13.9. The molecule has 0 radical (unpaired) electrons. The van der Waals surface area contributed by atoms with Gasteiger partial charge in [-0.05, 0) is 42.1 Å². The highest BCUT2D eigenvalue weighted by Gasteiger charge is 2.22. The van der Waals surface area contributed by atoms with Crippen LogP contribution in [0.5, 0.6) is 5.75 Å². The molecule has 2 heterocycles. The maximum atomic E-state index is 12.5. The molecule has 4 nitrogen and oxygen atoms in total. The van der Waals surface area contributed by atoms with Gasteiger partial charge in [0, 0.05) is 10.4 Å². The van der Waals surface area contributed by atoms with Gasteiger partial charge in [-0.1, -0.05) is 11.6 Å². The van der Waals surface area contributed by atoms with E-state index in [1.54, 1.807) is 30.5 Å². The van der Waals surface area contributed by atoms with Crippen LogP contribution in [0, 0.1) is 6.92 Å². The zero-order valence-electron chi connectivity index (χ0n) is 10.9. The van der Waals surface area contributed by atoms with Crippen molar-refractivity contribution in [2.24, 2.45) is 0 Å². The summed E-state index contributed by atoms with van der Waals surface area (Å²) < 4.78 is 0. The van der Waals surface area contributed by atoms with Crippen molar-refractivity contribution in [3.63, 3.8) is 0 Å². The van der Waals surface area contributed by atoms with E-state index in [2.05, 4.69) is 4.98 Å². The number of halogens is 1.